The third kappa shape index (κ3) is 3.02. The Balaban J connectivity index is 0.00000128. The van der Waals surface area contributed by atoms with E-state index in [0.717, 1.165) is 0 Å². The Labute approximate surface area is 136 Å². The average molecular weight is 242 g/mol. The molecule has 0 amide bonds. The summed E-state index contributed by atoms with van der Waals surface area (Å²) in [7, 11) is 0. The summed E-state index contributed by atoms with van der Waals surface area (Å²) in [6.45, 7) is -3.61. The smallest absolute Gasteiger partial charge is 0.469 e. The summed E-state index contributed by atoms with van der Waals surface area (Å²) in [5, 5.41) is 0. The van der Waals surface area contributed by atoms with Crippen molar-refractivity contribution in [3.8, 4) is 0 Å². The first-order chi connectivity index (χ1) is 7.21. The van der Waals surface area contributed by atoms with E-state index in [9.17, 15) is 8.63 Å². The molecule has 0 atom stereocenters. The SMILES string of the molecule is F[B-](F)(c1ccccc1)c1ccccc1.[K+]. The summed E-state index contributed by atoms with van der Waals surface area (Å²) in [5.41, 5.74) is 0.174. The molecule has 0 aliphatic rings. The van der Waals surface area contributed by atoms with Gasteiger partial charge in [-0.05, 0) is 0 Å². The second kappa shape index (κ2) is 6.08. The first-order valence-electron chi connectivity index (χ1n) is 4.84. The summed E-state index contributed by atoms with van der Waals surface area (Å²) < 4.78 is 27.9. The van der Waals surface area contributed by atoms with Crippen molar-refractivity contribution in [3.05, 3.63) is 60.7 Å². The van der Waals surface area contributed by atoms with E-state index in [1.54, 1.807) is 36.4 Å². The maximum absolute atomic E-state index is 14.0. The molecule has 2 aromatic carbocycles. The van der Waals surface area contributed by atoms with Crippen molar-refractivity contribution in [3.63, 3.8) is 0 Å². The number of halogens is 2. The van der Waals surface area contributed by atoms with Gasteiger partial charge in [0.25, 0.3) is 0 Å². The Morgan fingerprint density at radius 1 is 0.625 bits per heavy atom. The monoisotopic (exact) mass is 242 g/mol. The third-order valence-electron chi connectivity index (χ3n) is 2.44. The van der Waals surface area contributed by atoms with Crippen LogP contribution in [0.2, 0.25) is 0 Å². The number of rotatable bonds is 2. The normalized spacial score (nSPS) is 10.6. The zero-order valence-electron chi connectivity index (χ0n) is 9.11. The fourth-order valence-corrected chi connectivity index (χ4v) is 1.58. The largest absolute Gasteiger partial charge is 1.00 e. The van der Waals surface area contributed by atoms with Crippen LogP contribution in [0.3, 0.4) is 0 Å². The van der Waals surface area contributed by atoms with Crippen molar-refractivity contribution in [2.75, 3.05) is 0 Å². The molecule has 0 N–H and O–H groups in total. The molecule has 0 aliphatic carbocycles. The van der Waals surface area contributed by atoms with E-state index in [1.807, 2.05) is 0 Å². The molecule has 2 aromatic rings. The summed E-state index contributed by atoms with van der Waals surface area (Å²) >= 11 is 0. The van der Waals surface area contributed by atoms with E-state index in [4.69, 9.17) is 0 Å². The molecule has 0 aliphatic heterocycles. The van der Waals surface area contributed by atoms with Crippen LogP contribution >= 0.6 is 0 Å². The topological polar surface area (TPSA) is 0 Å². The summed E-state index contributed by atoms with van der Waals surface area (Å²) in [6, 6.07) is 15.9. The molecule has 4 heteroatoms. The van der Waals surface area contributed by atoms with Gasteiger partial charge in [0, 0.05) is 0 Å². The van der Waals surface area contributed by atoms with Crippen molar-refractivity contribution >= 4 is 17.6 Å². The van der Waals surface area contributed by atoms with Gasteiger partial charge in [0.2, 0.25) is 0 Å². The molecule has 76 valence electrons. The molecule has 0 saturated carbocycles. The number of hydrogen-bond acceptors (Lipinski definition) is 0. The van der Waals surface area contributed by atoms with Crippen LogP contribution in [0.15, 0.2) is 60.7 Å². The van der Waals surface area contributed by atoms with Crippen LogP contribution in [0.4, 0.5) is 8.63 Å². The van der Waals surface area contributed by atoms with E-state index < -0.39 is 6.70 Å². The molecule has 0 nitrogen and oxygen atoms in total. The maximum atomic E-state index is 14.0. The van der Waals surface area contributed by atoms with E-state index in [2.05, 4.69) is 0 Å². The molecule has 0 fully saturated rings. The molecule has 0 bridgehead atoms. The van der Waals surface area contributed by atoms with Gasteiger partial charge in [-0.25, -0.2) is 0 Å². The minimum absolute atomic E-state index is 0. The number of benzene rings is 2. The molecule has 0 unspecified atom stereocenters. The van der Waals surface area contributed by atoms with Crippen LogP contribution < -0.4 is 62.3 Å². The van der Waals surface area contributed by atoms with E-state index in [0.29, 0.717) is 0 Å². The Kier molecular flexibility index (Phi) is 5.34. The first-order valence-corrected chi connectivity index (χ1v) is 4.84. The molecular weight excluding hydrogens is 232 g/mol. The van der Waals surface area contributed by atoms with Crippen LogP contribution in [-0.2, 0) is 0 Å². The van der Waals surface area contributed by atoms with Crippen LogP contribution in [0.5, 0.6) is 0 Å². The van der Waals surface area contributed by atoms with Crippen LogP contribution in [0.25, 0.3) is 0 Å². The van der Waals surface area contributed by atoms with E-state index in [-0.39, 0.29) is 62.3 Å². The quantitative estimate of drug-likeness (QED) is 0.604. The summed E-state index contributed by atoms with van der Waals surface area (Å²) in [6.07, 6.45) is 0. The molecule has 0 spiro atoms. The molecular formula is C12H10BF2K. The third-order valence-corrected chi connectivity index (χ3v) is 2.44. The fraction of sp³-hybridized carbons (Fsp3) is 0. The average Bonchev–Trinajstić information content (AvgIpc) is 2.31. The molecule has 16 heavy (non-hydrogen) atoms. The summed E-state index contributed by atoms with van der Waals surface area (Å²) in [4.78, 5) is 0. The zero-order valence-corrected chi connectivity index (χ0v) is 12.2. The van der Waals surface area contributed by atoms with Crippen LogP contribution in [0, 0.1) is 0 Å². The van der Waals surface area contributed by atoms with Gasteiger partial charge in [-0.1, -0.05) is 60.7 Å². The van der Waals surface area contributed by atoms with Crippen molar-refractivity contribution in [2.24, 2.45) is 0 Å². The van der Waals surface area contributed by atoms with Crippen LogP contribution in [-0.4, -0.2) is 6.70 Å². The molecule has 0 aromatic heterocycles. The van der Waals surface area contributed by atoms with E-state index in [1.165, 1.54) is 24.3 Å². The Morgan fingerprint density at radius 2 is 0.938 bits per heavy atom. The molecule has 0 radical (unpaired) electrons. The minimum Gasteiger partial charge on any atom is -0.469 e. The second-order valence-corrected chi connectivity index (χ2v) is 3.48. The van der Waals surface area contributed by atoms with Crippen molar-refractivity contribution in [1.82, 2.24) is 0 Å². The Hall–Kier alpha value is 0.00130. The van der Waals surface area contributed by atoms with Crippen molar-refractivity contribution in [2.45, 2.75) is 0 Å². The number of hydrogen-bond donors (Lipinski definition) is 0. The minimum atomic E-state index is -3.61. The second-order valence-electron chi connectivity index (χ2n) is 3.48. The first kappa shape index (κ1) is 14.1. The Morgan fingerprint density at radius 3 is 1.25 bits per heavy atom. The molecule has 2 rings (SSSR count). The fourth-order valence-electron chi connectivity index (χ4n) is 1.58. The molecule has 0 saturated heterocycles. The van der Waals surface area contributed by atoms with Gasteiger partial charge in [0.15, 0.2) is 0 Å². The predicted octanol–water partition coefficient (Wildman–Crippen LogP) is -0.814. The van der Waals surface area contributed by atoms with Crippen molar-refractivity contribution in [1.29, 1.82) is 0 Å². The summed E-state index contributed by atoms with van der Waals surface area (Å²) in [5.74, 6) is 0. The maximum Gasteiger partial charge on any atom is 1.00 e. The van der Waals surface area contributed by atoms with Gasteiger partial charge < -0.3 is 8.63 Å². The van der Waals surface area contributed by atoms with Gasteiger partial charge >= 0.3 is 58.1 Å². The van der Waals surface area contributed by atoms with Gasteiger partial charge in [-0.2, -0.15) is 0 Å². The Bertz CT molecular complexity index is 390. The van der Waals surface area contributed by atoms with Crippen LogP contribution in [0.1, 0.15) is 0 Å². The van der Waals surface area contributed by atoms with Crippen molar-refractivity contribution < 1.29 is 60.0 Å². The van der Waals surface area contributed by atoms with Gasteiger partial charge in [0.1, 0.15) is 0 Å². The zero-order chi connectivity index (χ0) is 10.7. The van der Waals surface area contributed by atoms with Gasteiger partial charge in [-0.15, -0.1) is 10.9 Å². The predicted molar refractivity (Wildman–Crippen MR) is 60.1 cm³/mol. The van der Waals surface area contributed by atoms with E-state index >= 15 is 0 Å². The van der Waals surface area contributed by atoms with Gasteiger partial charge in [-0.3, -0.25) is 0 Å². The standard InChI is InChI=1S/C12H10BF2.K/c14-13(15,11-7-3-1-4-8-11)12-9-5-2-6-10-12;/h1-10H;/q-1;+1. The molecule has 0 heterocycles. The van der Waals surface area contributed by atoms with Gasteiger partial charge in [0.05, 0.1) is 0 Å².